The Morgan fingerprint density at radius 1 is 1.29 bits per heavy atom. The van der Waals surface area contributed by atoms with Gasteiger partial charge in [-0.25, -0.2) is 12.7 Å². The van der Waals surface area contributed by atoms with E-state index in [-0.39, 0.29) is 16.7 Å². The van der Waals surface area contributed by atoms with Gasteiger partial charge in [-0.15, -0.1) is 0 Å². The fourth-order valence-corrected chi connectivity index (χ4v) is 3.65. The second-order valence-electron chi connectivity index (χ2n) is 5.85. The van der Waals surface area contributed by atoms with Crippen LogP contribution in [0.15, 0.2) is 23.1 Å². The van der Waals surface area contributed by atoms with E-state index in [9.17, 15) is 13.5 Å². The van der Waals surface area contributed by atoms with E-state index in [1.54, 1.807) is 6.07 Å². The molecule has 1 saturated carbocycles. The third-order valence-corrected chi connectivity index (χ3v) is 5.83. The summed E-state index contributed by atoms with van der Waals surface area (Å²) in [5.74, 6) is 0.429. The molecule has 0 atom stereocenters. The summed E-state index contributed by atoms with van der Waals surface area (Å²) in [6.45, 7) is 0.757. The van der Waals surface area contributed by atoms with Crippen LogP contribution in [0, 0.1) is 5.92 Å². The first kappa shape index (κ1) is 16.1. The average molecular weight is 313 g/mol. The largest absolute Gasteiger partial charge is 0.396 e. The molecule has 21 heavy (non-hydrogen) atoms. The van der Waals surface area contributed by atoms with Gasteiger partial charge in [0.25, 0.3) is 0 Å². The van der Waals surface area contributed by atoms with Crippen LogP contribution in [-0.4, -0.2) is 51.6 Å². The Bertz CT molecular complexity index is 610. The lowest BCUT2D eigenvalue weighted by Gasteiger charge is -2.35. The highest BCUT2D eigenvalue weighted by Crippen LogP contribution is 2.33. The molecule has 0 amide bonds. The van der Waals surface area contributed by atoms with Gasteiger partial charge in [0.05, 0.1) is 17.5 Å². The van der Waals surface area contributed by atoms with E-state index in [0.29, 0.717) is 11.6 Å². The third kappa shape index (κ3) is 3.14. The number of rotatable bonds is 5. The Hall–Kier alpha value is -1.31. The second-order valence-corrected chi connectivity index (χ2v) is 7.97. The lowest BCUT2D eigenvalue weighted by molar-refractivity contribution is 0.0465. The maximum absolute atomic E-state index is 12.3. The lowest BCUT2D eigenvalue weighted by Crippen LogP contribution is -2.37. The van der Waals surface area contributed by atoms with Crippen LogP contribution in [0.4, 0.5) is 11.4 Å². The molecule has 0 aromatic heterocycles. The van der Waals surface area contributed by atoms with Gasteiger partial charge in [0, 0.05) is 27.7 Å². The summed E-state index contributed by atoms with van der Waals surface area (Å²) in [4.78, 5) is 2.09. The van der Waals surface area contributed by atoms with Crippen molar-refractivity contribution in [2.45, 2.75) is 23.8 Å². The summed E-state index contributed by atoms with van der Waals surface area (Å²) >= 11 is 0. The number of hydrogen-bond donors (Lipinski definition) is 2. The molecule has 1 aromatic rings. The Labute approximate surface area is 126 Å². The van der Waals surface area contributed by atoms with E-state index in [1.807, 2.05) is 18.0 Å². The Kier molecular flexibility index (Phi) is 4.46. The van der Waals surface area contributed by atoms with Crippen LogP contribution < -0.4 is 10.6 Å². The zero-order valence-corrected chi connectivity index (χ0v) is 13.5. The fraction of sp³-hybridized carbons (Fsp3) is 0.571. The number of sulfonamides is 1. The molecule has 0 heterocycles. The molecule has 1 aromatic carbocycles. The second kappa shape index (κ2) is 5.82. The van der Waals surface area contributed by atoms with Gasteiger partial charge in [-0.1, -0.05) is 6.07 Å². The van der Waals surface area contributed by atoms with Crippen molar-refractivity contribution in [2.75, 3.05) is 38.3 Å². The van der Waals surface area contributed by atoms with Crippen molar-refractivity contribution in [2.24, 2.45) is 5.92 Å². The van der Waals surface area contributed by atoms with Crippen molar-refractivity contribution < 1.29 is 13.5 Å². The van der Waals surface area contributed by atoms with Gasteiger partial charge in [0.1, 0.15) is 4.90 Å². The molecule has 0 aliphatic heterocycles. The molecule has 118 valence electrons. The van der Waals surface area contributed by atoms with Gasteiger partial charge in [0.15, 0.2) is 0 Å². The smallest absolute Gasteiger partial charge is 0.244 e. The monoisotopic (exact) mass is 313 g/mol. The topological polar surface area (TPSA) is 86.9 Å². The maximum atomic E-state index is 12.3. The molecular formula is C14H23N3O3S. The molecule has 0 saturated heterocycles. The van der Waals surface area contributed by atoms with E-state index in [0.717, 1.165) is 23.7 Å². The highest BCUT2D eigenvalue weighted by Gasteiger charge is 2.29. The molecule has 1 fully saturated rings. The summed E-state index contributed by atoms with van der Waals surface area (Å²) in [6, 6.07) is 5.04. The summed E-state index contributed by atoms with van der Waals surface area (Å²) in [5, 5.41) is 9.34. The molecule has 0 spiro atoms. The zero-order valence-electron chi connectivity index (χ0n) is 12.7. The molecule has 0 bridgehead atoms. The Morgan fingerprint density at radius 3 is 2.43 bits per heavy atom. The summed E-state index contributed by atoms with van der Waals surface area (Å²) in [5.41, 5.74) is 7.05. The zero-order chi connectivity index (χ0) is 15.8. The van der Waals surface area contributed by atoms with E-state index < -0.39 is 10.0 Å². The van der Waals surface area contributed by atoms with Crippen LogP contribution in [0.2, 0.25) is 0 Å². The predicted molar refractivity (Wildman–Crippen MR) is 83.7 cm³/mol. The van der Waals surface area contributed by atoms with Crippen molar-refractivity contribution in [1.29, 1.82) is 0 Å². The van der Waals surface area contributed by atoms with E-state index in [1.165, 1.54) is 20.2 Å². The van der Waals surface area contributed by atoms with Gasteiger partial charge < -0.3 is 15.7 Å². The number of aliphatic hydroxyl groups excluding tert-OH is 1. The molecule has 2 rings (SSSR count). The number of aliphatic hydroxyl groups is 1. The predicted octanol–water partition coefficient (Wildman–Crippen LogP) is 0.726. The molecule has 0 radical (unpaired) electrons. The van der Waals surface area contributed by atoms with Crippen molar-refractivity contribution in [3.05, 3.63) is 18.2 Å². The van der Waals surface area contributed by atoms with Crippen molar-refractivity contribution >= 4 is 21.4 Å². The van der Waals surface area contributed by atoms with Crippen LogP contribution in [-0.2, 0) is 10.0 Å². The van der Waals surface area contributed by atoms with Gasteiger partial charge in [-0.05, 0) is 30.9 Å². The van der Waals surface area contributed by atoms with Crippen molar-refractivity contribution in [3.63, 3.8) is 0 Å². The quantitative estimate of drug-likeness (QED) is 0.783. The molecule has 1 aliphatic carbocycles. The van der Waals surface area contributed by atoms with Gasteiger partial charge in [-0.3, -0.25) is 0 Å². The van der Waals surface area contributed by atoms with Crippen LogP contribution >= 0.6 is 0 Å². The van der Waals surface area contributed by atoms with E-state index in [2.05, 4.69) is 0 Å². The number of nitrogen functional groups attached to an aromatic ring is 1. The Balaban J connectivity index is 2.25. The van der Waals surface area contributed by atoms with Crippen LogP contribution in [0.1, 0.15) is 12.8 Å². The minimum atomic E-state index is -3.55. The minimum absolute atomic E-state index is 0.130. The summed E-state index contributed by atoms with van der Waals surface area (Å²) in [7, 11) is 1.31. The maximum Gasteiger partial charge on any atom is 0.244 e. The SMILES string of the molecule is CN(CC1CC(O)C1)c1cccc(S(=O)(=O)N(C)C)c1N. The highest BCUT2D eigenvalue weighted by molar-refractivity contribution is 7.89. The van der Waals surface area contributed by atoms with Crippen LogP contribution in [0.5, 0.6) is 0 Å². The number of para-hydroxylation sites is 1. The first-order valence-corrected chi connectivity index (χ1v) is 8.37. The van der Waals surface area contributed by atoms with Crippen molar-refractivity contribution in [3.8, 4) is 0 Å². The van der Waals surface area contributed by atoms with Crippen molar-refractivity contribution in [1.82, 2.24) is 4.31 Å². The molecule has 6 nitrogen and oxygen atoms in total. The number of nitrogens with zero attached hydrogens (tertiary/aromatic N) is 2. The standard InChI is InChI=1S/C14H23N3O3S/c1-16(2)21(19,20)13-6-4-5-12(14(13)15)17(3)9-10-7-11(18)8-10/h4-6,10-11,18H,7-9,15H2,1-3H3. The minimum Gasteiger partial charge on any atom is -0.396 e. The van der Waals surface area contributed by atoms with Crippen LogP contribution in [0.25, 0.3) is 0 Å². The highest BCUT2D eigenvalue weighted by atomic mass is 32.2. The molecule has 1 aliphatic rings. The number of benzene rings is 1. The van der Waals surface area contributed by atoms with Crippen LogP contribution in [0.3, 0.4) is 0 Å². The number of hydrogen-bond acceptors (Lipinski definition) is 5. The Morgan fingerprint density at radius 2 is 1.90 bits per heavy atom. The molecular weight excluding hydrogens is 290 g/mol. The molecule has 7 heteroatoms. The first-order valence-electron chi connectivity index (χ1n) is 6.93. The lowest BCUT2D eigenvalue weighted by atomic mass is 9.82. The normalized spacial score (nSPS) is 22.1. The first-order chi connectivity index (χ1) is 9.73. The van der Waals surface area contributed by atoms with E-state index >= 15 is 0 Å². The molecule has 3 N–H and O–H groups in total. The van der Waals surface area contributed by atoms with Gasteiger partial charge in [-0.2, -0.15) is 0 Å². The molecule has 0 unspecified atom stereocenters. The van der Waals surface area contributed by atoms with Gasteiger partial charge in [0.2, 0.25) is 10.0 Å². The van der Waals surface area contributed by atoms with Gasteiger partial charge >= 0.3 is 0 Å². The summed E-state index contributed by atoms with van der Waals surface area (Å²) in [6.07, 6.45) is 1.39. The fourth-order valence-electron chi connectivity index (χ4n) is 2.62. The third-order valence-electron chi connectivity index (χ3n) is 3.96. The van der Waals surface area contributed by atoms with E-state index in [4.69, 9.17) is 5.73 Å². The summed E-state index contributed by atoms with van der Waals surface area (Å²) < 4.78 is 25.7. The average Bonchev–Trinajstić information content (AvgIpc) is 2.36. The number of nitrogens with two attached hydrogens (primary N) is 1. The number of anilines is 2.